The largest absolute Gasteiger partial charge is 0.384 e. The zero-order valence-corrected chi connectivity index (χ0v) is 15.8. The summed E-state index contributed by atoms with van der Waals surface area (Å²) in [5.41, 5.74) is 0. The molecule has 0 rings (SSSR count). The lowest BCUT2D eigenvalue weighted by molar-refractivity contribution is 0.0515. The third-order valence-electron chi connectivity index (χ3n) is 3.56. The highest BCUT2D eigenvalue weighted by atomic mass is 16.5. The van der Waals surface area contributed by atoms with Gasteiger partial charge >= 0.3 is 0 Å². The molecule has 0 spiro atoms. The van der Waals surface area contributed by atoms with E-state index in [0.29, 0.717) is 5.92 Å². The normalized spacial score (nSPS) is 13.5. The molecule has 0 bridgehead atoms. The van der Waals surface area contributed by atoms with Crippen molar-refractivity contribution < 1.29 is 9.47 Å². The maximum atomic E-state index is 5.79. The van der Waals surface area contributed by atoms with Crippen LogP contribution in [0, 0.1) is 5.92 Å². The summed E-state index contributed by atoms with van der Waals surface area (Å²) in [4.78, 5) is 7.04. The summed E-state index contributed by atoms with van der Waals surface area (Å²) in [6, 6.07) is 0. The van der Waals surface area contributed by atoms with Crippen molar-refractivity contribution in [2.75, 3.05) is 87.8 Å². The quantitative estimate of drug-likeness (QED) is 0.427. The van der Waals surface area contributed by atoms with Crippen LogP contribution in [0.1, 0.15) is 19.8 Å². The molecule has 0 fully saturated rings. The minimum Gasteiger partial charge on any atom is -0.384 e. The Labute approximate surface area is 138 Å². The predicted molar refractivity (Wildman–Crippen MR) is 94.6 cm³/mol. The van der Waals surface area contributed by atoms with E-state index >= 15 is 0 Å². The van der Waals surface area contributed by atoms with Gasteiger partial charge in [0.05, 0.1) is 19.8 Å². The number of hydrogen-bond donors (Lipinski definition) is 0. The molecule has 0 aromatic rings. The fourth-order valence-corrected chi connectivity index (χ4v) is 2.37. The standard InChI is InChI=1S/C17H39N3O2/c1-17(15-21-6)16-22-14-13-20(11-7-9-18(2)3)12-8-10-19(4)5/h17H,7-16H2,1-6H3. The number of ether oxygens (including phenoxy) is 2. The van der Waals surface area contributed by atoms with Gasteiger partial charge in [-0.25, -0.2) is 0 Å². The van der Waals surface area contributed by atoms with Crippen molar-refractivity contribution in [1.82, 2.24) is 14.7 Å². The average Bonchev–Trinajstić information content (AvgIpc) is 2.42. The lowest BCUT2D eigenvalue weighted by atomic mass is 10.2. The van der Waals surface area contributed by atoms with Crippen LogP contribution >= 0.6 is 0 Å². The molecule has 0 aliphatic carbocycles. The van der Waals surface area contributed by atoms with Crippen LogP contribution < -0.4 is 0 Å². The Hall–Kier alpha value is -0.200. The first-order valence-electron chi connectivity index (χ1n) is 8.54. The van der Waals surface area contributed by atoms with Gasteiger partial charge in [-0.05, 0) is 67.2 Å². The predicted octanol–water partition coefficient (Wildman–Crippen LogP) is 1.49. The van der Waals surface area contributed by atoms with Crippen LogP contribution in [0.3, 0.4) is 0 Å². The highest BCUT2D eigenvalue weighted by Gasteiger charge is 2.07. The summed E-state index contributed by atoms with van der Waals surface area (Å²) in [6.45, 7) is 10.2. The van der Waals surface area contributed by atoms with Crippen molar-refractivity contribution in [3.8, 4) is 0 Å². The number of nitrogens with zero attached hydrogens (tertiary/aromatic N) is 3. The summed E-state index contributed by atoms with van der Waals surface area (Å²) in [6.07, 6.45) is 2.43. The van der Waals surface area contributed by atoms with Crippen LogP contribution in [0.5, 0.6) is 0 Å². The van der Waals surface area contributed by atoms with Crippen LogP contribution in [-0.2, 0) is 9.47 Å². The van der Waals surface area contributed by atoms with Crippen molar-refractivity contribution in [2.45, 2.75) is 19.8 Å². The molecule has 0 amide bonds. The van der Waals surface area contributed by atoms with Gasteiger partial charge < -0.3 is 24.2 Å². The molecule has 5 nitrogen and oxygen atoms in total. The van der Waals surface area contributed by atoms with Gasteiger partial charge in [0.2, 0.25) is 0 Å². The molecule has 134 valence electrons. The summed E-state index contributed by atoms with van der Waals surface area (Å²) in [5, 5.41) is 0. The van der Waals surface area contributed by atoms with Crippen molar-refractivity contribution in [2.24, 2.45) is 5.92 Å². The van der Waals surface area contributed by atoms with E-state index in [0.717, 1.165) is 52.5 Å². The Bertz CT molecular complexity index is 224. The SMILES string of the molecule is COCC(C)COCCN(CCCN(C)C)CCCN(C)C. The molecule has 0 aromatic heterocycles. The van der Waals surface area contributed by atoms with Gasteiger partial charge in [-0.2, -0.15) is 0 Å². The summed E-state index contributed by atoms with van der Waals surface area (Å²) >= 11 is 0. The number of methoxy groups -OCH3 is 1. The Balaban J connectivity index is 3.89. The summed E-state index contributed by atoms with van der Waals surface area (Å²) < 4.78 is 10.9. The van der Waals surface area contributed by atoms with Crippen molar-refractivity contribution >= 4 is 0 Å². The fraction of sp³-hybridized carbons (Fsp3) is 1.00. The van der Waals surface area contributed by atoms with E-state index in [1.165, 1.54) is 12.8 Å². The van der Waals surface area contributed by atoms with Crippen LogP contribution in [0.2, 0.25) is 0 Å². The lowest BCUT2D eigenvalue weighted by Gasteiger charge is -2.24. The Morgan fingerprint density at radius 3 is 1.77 bits per heavy atom. The van der Waals surface area contributed by atoms with Crippen LogP contribution in [-0.4, -0.2) is 103 Å². The molecule has 0 aliphatic rings. The van der Waals surface area contributed by atoms with E-state index in [9.17, 15) is 0 Å². The monoisotopic (exact) mass is 317 g/mol. The van der Waals surface area contributed by atoms with Crippen LogP contribution in [0.25, 0.3) is 0 Å². The zero-order chi connectivity index (χ0) is 16.8. The molecule has 0 radical (unpaired) electrons. The first kappa shape index (κ1) is 21.8. The Morgan fingerprint density at radius 2 is 1.32 bits per heavy atom. The molecule has 0 saturated carbocycles. The molecule has 1 unspecified atom stereocenters. The average molecular weight is 318 g/mol. The maximum Gasteiger partial charge on any atom is 0.0593 e. The van der Waals surface area contributed by atoms with Crippen molar-refractivity contribution in [1.29, 1.82) is 0 Å². The van der Waals surface area contributed by atoms with Gasteiger partial charge in [-0.3, -0.25) is 0 Å². The molecular formula is C17H39N3O2. The number of rotatable bonds is 15. The van der Waals surface area contributed by atoms with Crippen LogP contribution in [0.4, 0.5) is 0 Å². The van der Waals surface area contributed by atoms with Gasteiger partial charge in [-0.15, -0.1) is 0 Å². The molecule has 0 aromatic carbocycles. The van der Waals surface area contributed by atoms with Gasteiger partial charge in [0.25, 0.3) is 0 Å². The zero-order valence-electron chi connectivity index (χ0n) is 15.8. The van der Waals surface area contributed by atoms with E-state index < -0.39 is 0 Å². The van der Waals surface area contributed by atoms with Crippen LogP contribution in [0.15, 0.2) is 0 Å². The first-order chi connectivity index (χ1) is 10.5. The maximum absolute atomic E-state index is 5.79. The molecule has 0 N–H and O–H groups in total. The third kappa shape index (κ3) is 14.7. The smallest absolute Gasteiger partial charge is 0.0593 e. The molecule has 0 saturated heterocycles. The summed E-state index contributed by atoms with van der Waals surface area (Å²) in [7, 11) is 10.3. The second kappa shape index (κ2) is 14.4. The van der Waals surface area contributed by atoms with Gasteiger partial charge in [-0.1, -0.05) is 6.92 Å². The van der Waals surface area contributed by atoms with E-state index in [2.05, 4.69) is 49.8 Å². The van der Waals surface area contributed by atoms with Gasteiger partial charge in [0.1, 0.15) is 0 Å². The minimum absolute atomic E-state index is 0.473. The van der Waals surface area contributed by atoms with Gasteiger partial charge in [0, 0.05) is 19.6 Å². The van der Waals surface area contributed by atoms with E-state index in [4.69, 9.17) is 9.47 Å². The van der Waals surface area contributed by atoms with Crippen molar-refractivity contribution in [3.05, 3.63) is 0 Å². The molecule has 5 heteroatoms. The van der Waals surface area contributed by atoms with Gasteiger partial charge in [0.15, 0.2) is 0 Å². The molecule has 0 aliphatic heterocycles. The molecule has 1 atom stereocenters. The fourth-order valence-electron chi connectivity index (χ4n) is 2.37. The van der Waals surface area contributed by atoms with E-state index in [1.807, 2.05) is 0 Å². The lowest BCUT2D eigenvalue weighted by Crippen LogP contribution is -2.33. The molecule has 22 heavy (non-hydrogen) atoms. The summed E-state index contributed by atoms with van der Waals surface area (Å²) in [5.74, 6) is 0.473. The molecular weight excluding hydrogens is 278 g/mol. The van der Waals surface area contributed by atoms with E-state index in [1.54, 1.807) is 7.11 Å². The second-order valence-electron chi connectivity index (χ2n) is 6.79. The first-order valence-corrected chi connectivity index (χ1v) is 8.54. The number of hydrogen-bond acceptors (Lipinski definition) is 5. The third-order valence-corrected chi connectivity index (χ3v) is 3.56. The molecule has 0 heterocycles. The second-order valence-corrected chi connectivity index (χ2v) is 6.79. The van der Waals surface area contributed by atoms with Crippen molar-refractivity contribution in [3.63, 3.8) is 0 Å². The minimum atomic E-state index is 0.473. The highest BCUT2D eigenvalue weighted by molar-refractivity contribution is 4.61. The Morgan fingerprint density at radius 1 is 0.773 bits per heavy atom. The Kier molecular flexibility index (Phi) is 14.3. The highest BCUT2D eigenvalue weighted by Crippen LogP contribution is 1.99. The topological polar surface area (TPSA) is 28.2 Å². The van der Waals surface area contributed by atoms with E-state index in [-0.39, 0.29) is 0 Å².